The van der Waals surface area contributed by atoms with Crippen LogP contribution >= 0.6 is 11.6 Å². The molecule has 1 unspecified atom stereocenters. The van der Waals surface area contributed by atoms with E-state index in [4.69, 9.17) is 16.7 Å². The molecule has 1 N–H and O–H groups in total. The molecule has 0 aliphatic carbocycles. The van der Waals surface area contributed by atoms with E-state index in [1.165, 1.54) is 0 Å². The molecular formula is C5H8ClF3O. The molecule has 5 heteroatoms. The third kappa shape index (κ3) is 6.16. The fourth-order valence-electron chi connectivity index (χ4n) is 0.407. The average molecular weight is 177 g/mol. The molecule has 0 spiro atoms. The fraction of sp³-hybridized carbons (Fsp3) is 1.00. The summed E-state index contributed by atoms with van der Waals surface area (Å²) < 4.78 is 34.2. The molecule has 0 rings (SSSR count). The Hall–Kier alpha value is 0.0400. The molecule has 0 saturated heterocycles. The van der Waals surface area contributed by atoms with Crippen molar-refractivity contribution in [2.75, 3.05) is 5.88 Å². The molecule has 1 nitrogen and oxygen atoms in total. The quantitative estimate of drug-likeness (QED) is 0.652. The van der Waals surface area contributed by atoms with E-state index < -0.39 is 18.7 Å². The summed E-state index contributed by atoms with van der Waals surface area (Å²) in [5.41, 5.74) is 0. The number of rotatable bonds is 3. The normalized spacial score (nSPS) is 15.3. The molecule has 0 amide bonds. The van der Waals surface area contributed by atoms with Gasteiger partial charge in [0.25, 0.3) is 0 Å². The van der Waals surface area contributed by atoms with E-state index in [2.05, 4.69) is 0 Å². The molecule has 0 radical (unpaired) electrons. The second-order valence-corrected chi connectivity index (χ2v) is 2.27. The van der Waals surface area contributed by atoms with Crippen LogP contribution in [0.1, 0.15) is 12.8 Å². The van der Waals surface area contributed by atoms with E-state index in [-0.39, 0.29) is 12.3 Å². The van der Waals surface area contributed by atoms with E-state index in [0.717, 1.165) is 0 Å². The molecule has 0 aromatic heterocycles. The SMILES string of the molecule is OC(CCl)CCC(F)(F)F. The first kappa shape index (κ1) is 10.0. The Bertz CT molecular complexity index is 93.4. The monoisotopic (exact) mass is 176 g/mol. The second-order valence-electron chi connectivity index (χ2n) is 1.96. The van der Waals surface area contributed by atoms with E-state index in [1.54, 1.807) is 0 Å². The van der Waals surface area contributed by atoms with Crippen molar-refractivity contribution >= 4 is 11.6 Å². The van der Waals surface area contributed by atoms with Gasteiger partial charge in [-0.15, -0.1) is 11.6 Å². The molecule has 62 valence electrons. The van der Waals surface area contributed by atoms with Crippen molar-refractivity contribution in [3.05, 3.63) is 0 Å². The Morgan fingerprint density at radius 3 is 2.20 bits per heavy atom. The van der Waals surface area contributed by atoms with Crippen LogP contribution in [0.3, 0.4) is 0 Å². The molecule has 0 aliphatic heterocycles. The zero-order valence-electron chi connectivity index (χ0n) is 5.16. The van der Waals surface area contributed by atoms with Gasteiger partial charge < -0.3 is 5.11 Å². The zero-order valence-corrected chi connectivity index (χ0v) is 5.91. The summed E-state index contributed by atoms with van der Waals surface area (Å²) >= 11 is 5.06. The Kier molecular flexibility index (Phi) is 4.05. The lowest BCUT2D eigenvalue weighted by Gasteiger charge is -2.08. The Morgan fingerprint density at radius 2 is 1.90 bits per heavy atom. The maximum atomic E-state index is 11.4. The first-order valence-electron chi connectivity index (χ1n) is 2.76. The molecule has 0 bridgehead atoms. The summed E-state index contributed by atoms with van der Waals surface area (Å²) in [5, 5.41) is 8.59. The molecule has 0 saturated carbocycles. The first-order chi connectivity index (χ1) is 4.45. The largest absolute Gasteiger partial charge is 0.392 e. The van der Waals surface area contributed by atoms with Gasteiger partial charge in [0.15, 0.2) is 0 Å². The van der Waals surface area contributed by atoms with Crippen LogP contribution in [0, 0.1) is 0 Å². The van der Waals surface area contributed by atoms with Crippen LogP contribution < -0.4 is 0 Å². The zero-order chi connectivity index (χ0) is 8.20. The van der Waals surface area contributed by atoms with Crippen LogP contribution in [0.25, 0.3) is 0 Å². The minimum Gasteiger partial charge on any atom is -0.392 e. The van der Waals surface area contributed by atoms with Crippen molar-refractivity contribution in [2.24, 2.45) is 0 Å². The highest BCUT2D eigenvalue weighted by atomic mass is 35.5. The predicted molar refractivity (Wildman–Crippen MR) is 32.0 cm³/mol. The van der Waals surface area contributed by atoms with E-state index in [9.17, 15) is 13.2 Å². The lowest BCUT2D eigenvalue weighted by Crippen LogP contribution is -2.15. The second kappa shape index (κ2) is 4.03. The summed E-state index contributed by atoms with van der Waals surface area (Å²) in [7, 11) is 0. The molecule has 0 aromatic carbocycles. The molecule has 0 heterocycles. The number of hydrogen-bond donors (Lipinski definition) is 1. The van der Waals surface area contributed by atoms with Gasteiger partial charge in [0.2, 0.25) is 0 Å². The van der Waals surface area contributed by atoms with Gasteiger partial charge in [0.1, 0.15) is 0 Å². The lowest BCUT2D eigenvalue weighted by atomic mass is 10.2. The van der Waals surface area contributed by atoms with Crippen molar-refractivity contribution in [3.63, 3.8) is 0 Å². The summed E-state index contributed by atoms with van der Waals surface area (Å²) in [6.07, 6.45) is -6.51. The standard InChI is InChI=1S/C5H8ClF3O/c6-3-4(10)1-2-5(7,8)9/h4,10H,1-3H2. The van der Waals surface area contributed by atoms with Crippen LogP contribution in [0.2, 0.25) is 0 Å². The maximum Gasteiger partial charge on any atom is 0.389 e. The molecule has 0 aliphatic rings. The topological polar surface area (TPSA) is 20.2 Å². The van der Waals surface area contributed by atoms with Gasteiger partial charge in [0, 0.05) is 12.3 Å². The van der Waals surface area contributed by atoms with Crippen LogP contribution in [0.4, 0.5) is 13.2 Å². The van der Waals surface area contributed by atoms with E-state index in [1.807, 2.05) is 0 Å². The molecule has 0 aromatic rings. The van der Waals surface area contributed by atoms with Gasteiger partial charge in [-0.2, -0.15) is 13.2 Å². The Morgan fingerprint density at radius 1 is 1.40 bits per heavy atom. The smallest absolute Gasteiger partial charge is 0.389 e. The third-order valence-corrected chi connectivity index (χ3v) is 1.30. The molecule has 0 fully saturated rings. The van der Waals surface area contributed by atoms with Gasteiger partial charge in [0.05, 0.1) is 6.10 Å². The summed E-state index contributed by atoms with van der Waals surface area (Å²) in [5.74, 6) is -0.143. The minimum absolute atomic E-state index is 0.143. The number of halogens is 4. The van der Waals surface area contributed by atoms with Crippen LogP contribution in [-0.4, -0.2) is 23.3 Å². The first-order valence-corrected chi connectivity index (χ1v) is 3.30. The average Bonchev–Trinajstić information content (AvgIpc) is 1.81. The number of hydrogen-bond acceptors (Lipinski definition) is 1. The van der Waals surface area contributed by atoms with Crippen molar-refractivity contribution in [2.45, 2.75) is 25.1 Å². The minimum atomic E-state index is -4.19. The number of aliphatic hydroxyl groups is 1. The predicted octanol–water partition coefficient (Wildman–Crippen LogP) is 1.93. The number of aliphatic hydroxyl groups excluding tert-OH is 1. The Balaban J connectivity index is 3.36. The lowest BCUT2D eigenvalue weighted by molar-refractivity contribution is -0.139. The van der Waals surface area contributed by atoms with Crippen LogP contribution in [-0.2, 0) is 0 Å². The molecule has 10 heavy (non-hydrogen) atoms. The maximum absolute atomic E-state index is 11.4. The fourth-order valence-corrected chi connectivity index (χ4v) is 0.562. The summed E-state index contributed by atoms with van der Waals surface area (Å²) in [6, 6.07) is 0. The van der Waals surface area contributed by atoms with Crippen molar-refractivity contribution in [1.29, 1.82) is 0 Å². The van der Waals surface area contributed by atoms with Gasteiger partial charge in [-0.3, -0.25) is 0 Å². The van der Waals surface area contributed by atoms with E-state index in [0.29, 0.717) is 0 Å². The summed E-state index contributed by atoms with van der Waals surface area (Å²) in [6.45, 7) is 0. The number of alkyl halides is 4. The molecular weight excluding hydrogens is 169 g/mol. The highest BCUT2D eigenvalue weighted by Gasteiger charge is 2.27. The van der Waals surface area contributed by atoms with Gasteiger partial charge >= 0.3 is 6.18 Å². The third-order valence-electron chi connectivity index (χ3n) is 0.939. The van der Waals surface area contributed by atoms with Gasteiger partial charge in [-0.25, -0.2) is 0 Å². The van der Waals surface area contributed by atoms with Crippen molar-refractivity contribution in [1.82, 2.24) is 0 Å². The van der Waals surface area contributed by atoms with Gasteiger partial charge in [-0.1, -0.05) is 0 Å². The van der Waals surface area contributed by atoms with Crippen molar-refractivity contribution in [3.8, 4) is 0 Å². The van der Waals surface area contributed by atoms with Crippen LogP contribution in [0.5, 0.6) is 0 Å². The highest BCUT2D eigenvalue weighted by molar-refractivity contribution is 6.18. The van der Waals surface area contributed by atoms with E-state index >= 15 is 0 Å². The molecule has 1 atom stereocenters. The van der Waals surface area contributed by atoms with Crippen molar-refractivity contribution < 1.29 is 18.3 Å². The summed E-state index contributed by atoms with van der Waals surface area (Å²) in [4.78, 5) is 0. The van der Waals surface area contributed by atoms with Crippen LogP contribution in [0.15, 0.2) is 0 Å². The Labute approximate surface area is 61.8 Å². The van der Waals surface area contributed by atoms with Gasteiger partial charge in [-0.05, 0) is 6.42 Å². The highest BCUT2D eigenvalue weighted by Crippen LogP contribution is 2.22.